The van der Waals surface area contributed by atoms with Gasteiger partial charge in [0.1, 0.15) is 17.5 Å². The summed E-state index contributed by atoms with van der Waals surface area (Å²) in [4.78, 5) is 11.9. The van der Waals surface area contributed by atoms with Crippen molar-refractivity contribution in [2.45, 2.75) is 6.42 Å². The van der Waals surface area contributed by atoms with E-state index in [0.717, 1.165) is 24.3 Å². The lowest BCUT2D eigenvalue weighted by atomic mass is 10.0. The van der Waals surface area contributed by atoms with Crippen LogP contribution in [-0.4, -0.2) is 5.78 Å². The topological polar surface area (TPSA) is 17.1 Å². The number of Topliss-reactive ketones (excluding diaryl/α,β-unsaturated/α-hetero) is 1. The summed E-state index contributed by atoms with van der Waals surface area (Å²) >= 11 is 2.96. The first-order chi connectivity index (χ1) is 8.97. The highest BCUT2D eigenvalue weighted by molar-refractivity contribution is 9.10. The number of rotatable bonds is 3. The van der Waals surface area contributed by atoms with E-state index in [2.05, 4.69) is 15.9 Å². The number of carbonyl (C=O) groups excluding carboxylic acids is 1. The molecule has 0 saturated heterocycles. The predicted octanol–water partition coefficient (Wildman–Crippen LogP) is 4.29. The van der Waals surface area contributed by atoms with Gasteiger partial charge >= 0.3 is 0 Å². The second-order valence-electron chi connectivity index (χ2n) is 3.96. The number of hydrogen-bond donors (Lipinski definition) is 0. The minimum absolute atomic E-state index is 0.0227. The van der Waals surface area contributed by atoms with Gasteiger partial charge in [-0.05, 0) is 57.9 Å². The van der Waals surface area contributed by atoms with Crippen molar-refractivity contribution >= 4 is 21.7 Å². The summed E-state index contributed by atoms with van der Waals surface area (Å²) in [6.45, 7) is 0. The average Bonchev–Trinajstić information content (AvgIpc) is 2.37. The minimum Gasteiger partial charge on any atom is -0.294 e. The molecule has 19 heavy (non-hydrogen) atoms. The molecular weight excluding hydrogens is 321 g/mol. The van der Waals surface area contributed by atoms with Crippen molar-refractivity contribution in [2.24, 2.45) is 0 Å². The van der Waals surface area contributed by atoms with E-state index in [4.69, 9.17) is 0 Å². The molecule has 5 heteroatoms. The van der Waals surface area contributed by atoms with Gasteiger partial charge in [-0.15, -0.1) is 0 Å². The van der Waals surface area contributed by atoms with Gasteiger partial charge in [-0.3, -0.25) is 4.79 Å². The SMILES string of the molecule is O=C(Cc1cc(F)ccc1F)c1ccc(F)c(Br)c1. The van der Waals surface area contributed by atoms with Crippen LogP contribution in [0.1, 0.15) is 15.9 Å². The van der Waals surface area contributed by atoms with E-state index in [1.165, 1.54) is 12.1 Å². The Balaban J connectivity index is 2.25. The fraction of sp³-hybridized carbons (Fsp3) is 0.0714. The Labute approximate surface area is 116 Å². The Morgan fingerprint density at radius 1 is 1.00 bits per heavy atom. The normalized spacial score (nSPS) is 10.5. The van der Waals surface area contributed by atoms with Crippen molar-refractivity contribution in [3.05, 3.63) is 69.4 Å². The molecule has 0 bridgehead atoms. The van der Waals surface area contributed by atoms with Gasteiger partial charge in [0, 0.05) is 12.0 Å². The molecule has 0 fully saturated rings. The molecule has 2 aromatic carbocycles. The molecule has 98 valence electrons. The van der Waals surface area contributed by atoms with Gasteiger partial charge in [0.05, 0.1) is 4.47 Å². The molecule has 0 spiro atoms. The lowest BCUT2D eigenvalue weighted by Gasteiger charge is -2.04. The zero-order valence-electron chi connectivity index (χ0n) is 9.59. The van der Waals surface area contributed by atoms with E-state index in [0.29, 0.717) is 0 Å². The Morgan fingerprint density at radius 3 is 2.37 bits per heavy atom. The predicted molar refractivity (Wildman–Crippen MR) is 68.5 cm³/mol. The fourth-order valence-corrected chi connectivity index (χ4v) is 2.00. The Kier molecular flexibility index (Phi) is 4.04. The van der Waals surface area contributed by atoms with Crippen molar-refractivity contribution in [3.8, 4) is 0 Å². The molecule has 0 aliphatic rings. The smallest absolute Gasteiger partial charge is 0.167 e. The zero-order valence-corrected chi connectivity index (χ0v) is 11.2. The lowest BCUT2D eigenvalue weighted by molar-refractivity contribution is 0.0991. The second kappa shape index (κ2) is 5.57. The van der Waals surface area contributed by atoms with Crippen LogP contribution in [0.4, 0.5) is 13.2 Å². The summed E-state index contributed by atoms with van der Waals surface area (Å²) in [7, 11) is 0. The van der Waals surface area contributed by atoms with Gasteiger partial charge in [0.25, 0.3) is 0 Å². The first kappa shape index (κ1) is 13.8. The second-order valence-corrected chi connectivity index (χ2v) is 4.82. The van der Waals surface area contributed by atoms with Gasteiger partial charge in [0.2, 0.25) is 0 Å². The van der Waals surface area contributed by atoms with Crippen LogP contribution in [-0.2, 0) is 6.42 Å². The first-order valence-electron chi connectivity index (χ1n) is 5.39. The Morgan fingerprint density at radius 2 is 1.68 bits per heavy atom. The maximum absolute atomic E-state index is 13.4. The van der Waals surface area contributed by atoms with Crippen LogP contribution in [0.5, 0.6) is 0 Å². The molecule has 0 unspecified atom stereocenters. The zero-order chi connectivity index (χ0) is 14.0. The molecule has 2 aromatic rings. The van der Waals surface area contributed by atoms with Crippen molar-refractivity contribution in [2.75, 3.05) is 0 Å². The molecule has 1 nitrogen and oxygen atoms in total. The molecule has 0 aliphatic carbocycles. The van der Waals surface area contributed by atoms with E-state index in [-0.39, 0.29) is 22.0 Å². The van der Waals surface area contributed by atoms with E-state index in [9.17, 15) is 18.0 Å². The van der Waals surface area contributed by atoms with E-state index >= 15 is 0 Å². The third-order valence-corrected chi connectivity index (χ3v) is 3.21. The highest BCUT2D eigenvalue weighted by atomic mass is 79.9. The van der Waals surface area contributed by atoms with Crippen molar-refractivity contribution in [1.82, 2.24) is 0 Å². The number of hydrogen-bond acceptors (Lipinski definition) is 1. The molecule has 0 radical (unpaired) electrons. The molecular formula is C14H8BrF3O. The Bertz CT molecular complexity index is 641. The summed E-state index contributed by atoms with van der Waals surface area (Å²) < 4.78 is 39.6. The summed E-state index contributed by atoms with van der Waals surface area (Å²) in [5.74, 6) is -2.15. The highest BCUT2D eigenvalue weighted by Crippen LogP contribution is 2.19. The highest BCUT2D eigenvalue weighted by Gasteiger charge is 2.13. The number of halogens is 4. The minimum atomic E-state index is -0.643. The van der Waals surface area contributed by atoms with Crippen LogP contribution in [0.15, 0.2) is 40.9 Å². The van der Waals surface area contributed by atoms with E-state index in [1.54, 1.807) is 0 Å². The summed E-state index contributed by atoms with van der Waals surface area (Å²) in [5, 5.41) is 0. The largest absolute Gasteiger partial charge is 0.294 e. The number of benzene rings is 2. The standard InChI is InChI=1S/C14H8BrF3O/c15-11-6-8(1-3-13(11)18)14(19)7-9-5-10(16)2-4-12(9)17/h1-6H,7H2. The van der Waals surface area contributed by atoms with Gasteiger partial charge in [-0.1, -0.05) is 0 Å². The van der Waals surface area contributed by atoms with Crippen molar-refractivity contribution < 1.29 is 18.0 Å². The lowest BCUT2D eigenvalue weighted by Crippen LogP contribution is -2.06. The van der Waals surface area contributed by atoms with Crippen LogP contribution in [0, 0.1) is 17.5 Å². The Hall–Kier alpha value is -1.62. The van der Waals surface area contributed by atoms with Crippen molar-refractivity contribution in [1.29, 1.82) is 0 Å². The van der Waals surface area contributed by atoms with Gasteiger partial charge in [-0.25, -0.2) is 13.2 Å². The fourth-order valence-electron chi connectivity index (χ4n) is 1.62. The summed E-state index contributed by atoms with van der Waals surface area (Å²) in [6.07, 6.45) is -0.276. The monoisotopic (exact) mass is 328 g/mol. The van der Waals surface area contributed by atoms with Crippen LogP contribution < -0.4 is 0 Å². The molecule has 0 atom stereocenters. The van der Waals surface area contributed by atoms with Crippen LogP contribution in [0.3, 0.4) is 0 Å². The summed E-state index contributed by atoms with van der Waals surface area (Å²) in [5.41, 5.74) is 0.211. The van der Waals surface area contributed by atoms with Crippen LogP contribution >= 0.6 is 15.9 Å². The maximum atomic E-state index is 13.4. The molecule has 2 rings (SSSR count). The molecule has 0 N–H and O–H groups in total. The maximum Gasteiger partial charge on any atom is 0.167 e. The number of carbonyl (C=O) groups is 1. The third kappa shape index (κ3) is 3.23. The molecule has 0 heterocycles. The molecule has 0 amide bonds. The van der Waals surface area contributed by atoms with E-state index < -0.39 is 23.2 Å². The molecule has 0 aliphatic heterocycles. The summed E-state index contributed by atoms with van der Waals surface area (Å²) in [6, 6.07) is 6.69. The van der Waals surface area contributed by atoms with Gasteiger partial charge < -0.3 is 0 Å². The van der Waals surface area contributed by atoms with Crippen LogP contribution in [0.2, 0.25) is 0 Å². The first-order valence-corrected chi connectivity index (χ1v) is 6.19. The number of ketones is 1. The molecule has 0 aromatic heterocycles. The quantitative estimate of drug-likeness (QED) is 0.768. The van der Waals surface area contributed by atoms with E-state index in [1.807, 2.05) is 0 Å². The average molecular weight is 329 g/mol. The van der Waals surface area contributed by atoms with Gasteiger partial charge in [0.15, 0.2) is 5.78 Å². The third-order valence-electron chi connectivity index (χ3n) is 2.60. The van der Waals surface area contributed by atoms with Crippen molar-refractivity contribution in [3.63, 3.8) is 0 Å². The van der Waals surface area contributed by atoms with Gasteiger partial charge in [-0.2, -0.15) is 0 Å². The van der Waals surface area contributed by atoms with Crippen LogP contribution in [0.25, 0.3) is 0 Å². The molecule has 0 saturated carbocycles.